The Labute approximate surface area is 118 Å². The summed E-state index contributed by atoms with van der Waals surface area (Å²) in [4.78, 5) is 16.3. The van der Waals surface area contributed by atoms with E-state index in [1.807, 2.05) is 11.0 Å². The van der Waals surface area contributed by atoms with Crippen molar-refractivity contribution in [2.45, 2.75) is 18.9 Å². The Balaban J connectivity index is 1.58. The van der Waals surface area contributed by atoms with E-state index in [0.29, 0.717) is 13.1 Å². The normalized spacial score (nSPS) is 23.1. The minimum Gasteiger partial charge on any atom is -0.368 e. The predicted molar refractivity (Wildman–Crippen MR) is 76.2 cm³/mol. The number of carbonyl (C=O) groups excluding carboxylic acids is 1. The third-order valence-corrected chi connectivity index (χ3v) is 4.12. The lowest BCUT2D eigenvalue weighted by atomic mass is 10.1. The largest absolute Gasteiger partial charge is 0.368 e. The second kappa shape index (κ2) is 5.79. The lowest BCUT2D eigenvalue weighted by Crippen LogP contribution is -2.53. The van der Waals surface area contributed by atoms with Gasteiger partial charge >= 0.3 is 0 Å². The molecule has 2 aliphatic rings. The summed E-state index contributed by atoms with van der Waals surface area (Å²) < 4.78 is 13.2. The Morgan fingerprint density at radius 1 is 1.25 bits per heavy atom. The topological polar surface area (TPSA) is 35.6 Å². The minimum absolute atomic E-state index is 0.00993. The standard InChI is InChI=1S/C15H20FN3O/c16-12-3-1-4-13(11-12)18-7-9-19(10-8-18)15(20)14-5-2-6-17-14/h1,3-4,11,14,17H,2,5-10H2/t14-/m0/s1. The van der Waals surface area contributed by atoms with E-state index in [0.717, 1.165) is 38.2 Å². The molecule has 0 bridgehead atoms. The molecule has 0 radical (unpaired) electrons. The summed E-state index contributed by atoms with van der Waals surface area (Å²) in [7, 11) is 0. The maximum Gasteiger partial charge on any atom is 0.239 e. The molecule has 2 fully saturated rings. The van der Waals surface area contributed by atoms with Crippen molar-refractivity contribution in [3.05, 3.63) is 30.1 Å². The van der Waals surface area contributed by atoms with Crippen LogP contribution in [-0.2, 0) is 4.79 Å². The van der Waals surface area contributed by atoms with Gasteiger partial charge in [-0.1, -0.05) is 6.07 Å². The summed E-state index contributed by atoms with van der Waals surface area (Å²) in [6.07, 6.45) is 2.03. The van der Waals surface area contributed by atoms with Crippen LogP contribution in [0, 0.1) is 5.82 Å². The molecule has 5 heteroatoms. The first kappa shape index (κ1) is 13.4. The van der Waals surface area contributed by atoms with Crippen molar-refractivity contribution < 1.29 is 9.18 Å². The number of rotatable bonds is 2. The molecule has 2 heterocycles. The molecule has 0 saturated carbocycles. The molecule has 108 valence electrons. The van der Waals surface area contributed by atoms with E-state index in [9.17, 15) is 9.18 Å². The number of nitrogens with zero attached hydrogens (tertiary/aromatic N) is 2. The monoisotopic (exact) mass is 277 g/mol. The summed E-state index contributed by atoms with van der Waals surface area (Å²) in [6.45, 7) is 3.91. The third-order valence-electron chi connectivity index (χ3n) is 4.12. The third kappa shape index (κ3) is 2.77. The van der Waals surface area contributed by atoms with Crippen LogP contribution in [0.2, 0.25) is 0 Å². The van der Waals surface area contributed by atoms with Crippen molar-refractivity contribution in [1.29, 1.82) is 0 Å². The lowest BCUT2D eigenvalue weighted by Gasteiger charge is -2.37. The van der Waals surface area contributed by atoms with Crippen molar-refractivity contribution in [2.75, 3.05) is 37.6 Å². The van der Waals surface area contributed by atoms with Gasteiger partial charge < -0.3 is 15.1 Å². The Morgan fingerprint density at radius 3 is 2.70 bits per heavy atom. The molecule has 0 unspecified atom stereocenters. The first-order valence-corrected chi connectivity index (χ1v) is 7.27. The van der Waals surface area contributed by atoms with Crippen molar-refractivity contribution >= 4 is 11.6 Å². The molecule has 0 aliphatic carbocycles. The molecule has 1 amide bonds. The van der Waals surface area contributed by atoms with Crippen molar-refractivity contribution in [3.8, 4) is 0 Å². The van der Waals surface area contributed by atoms with Gasteiger partial charge in [-0.25, -0.2) is 4.39 Å². The highest BCUT2D eigenvalue weighted by Gasteiger charge is 2.29. The van der Waals surface area contributed by atoms with Gasteiger partial charge in [0.2, 0.25) is 5.91 Å². The molecular formula is C15H20FN3O. The highest BCUT2D eigenvalue weighted by atomic mass is 19.1. The highest BCUT2D eigenvalue weighted by Crippen LogP contribution is 2.18. The highest BCUT2D eigenvalue weighted by molar-refractivity contribution is 5.82. The van der Waals surface area contributed by atoms with Crippen molar-refractivity contribution in [1.82, 2.24) is 10.2 Å². The first-order chi connectivity index (χ1) is 9.74. The van der Waals surface area contributed by atoms with Gasteiger partial charge in [-0.05, 0) is 37.6 Å². The average molecular weight is 277 g/mol. The van der Waals surface area contributed by atoms with Gasteiger partial charge in [-0.3, -0.25) is 4.79 Å². The fraction of sp³-hybridized carbons (Fsp3) is 0.533. The number of amides is 1. The predicted octanol–water partition coefficient (Wildman–Crippen LogP) is 1.23. The van der Waals surface area contributed by atoms with Crippen LogP contribution in [0.4, 0.5) is 10.1 Å². The Morgan fingerprint density at radius 2 is 2.05 bits per heavy atom. The summed E-state index contributed by atoms with van der Waals surface area (Å²) in [5, 5.41) is 3.25. The van der Waals surface area contributed by atoms with E-state index in [1.54, 1.807) is 12.1 Å². The molecule has 20 heavy (non-hydrogen) atoms. The quantitative estimate of drug-likeness (QED) is 0.883. The van der Waals surface area contributed by atoms with Crippen LogP contribution < -0.4 is 10.2 Å². The first-order valence-electron chi connectivity index (χ1n) is 7.27. The zero-order valence-corrected chi connectivity index (χ0v) is 11.5. The number of benzene rings is 1. The Hall–Kier alpha value is -1.62. The van der Waals surface area contributed by atoms with E-state index in [1.165, 1.54) is 6.07 Å². The summed E-state index contributed by atoms with van der Waals surface area (Å²) >= 11 is 0. The van der Waals surface area contributed by atoms with Crippen LogP contribution in [0.15, 0.2) is 24.3 Å². The van der Waals surface area contributed by atoms with Crippen molar-refractivity contribution in [2.24, 2.45) is 0 Å². The number of nitrogens with one attached hydrogen (secondary N) is 1. The number of halogens is 1. The zero-order valence-electron chi connectivity index (χ0n) is 11.5. The molecule has 0 aromatic heterocycles. The number of piperazine rings is 1. The van der Waals surface area contributed by atoms with Crippen LogP contribution in [-0.4, -0.2) is 49.6 Å². The Bertz CT molecular complexity index is 480. The maximum atomic E-state index is 13.2. The van der Waals surface area contributed by atoms with Gasteiger partial charge in [-0.15, -0.1) is 0 Å². The van der Waals surface area contributed by atoms with E-state index in [-0.39, 0.29) is 17.8 Å². The molecule has 1 N–H and O–H groups in total. The van der Waals surface area contributed by atoms with E-state index >= 15 is 0 Å². The second-order valence-corrected chi connectivity index (χ2v) is 5.44. The fourth-order valence-corrected chi connectivity index (χ4v) is 2.97. The summed E-state index contributed by atoms with van der Waals surface area (Å²) in [5.41, 5.74) is 0.899. The van der Waals surface area contributed by atoms with E-state index < -0.39 is 0 Å². The van der Waals surface area contributed by atoms with Crippen molar-refractivity contribution in [3.63, 3.8) is 0 Å². The van der Waals surface area contributed by atoms with Gasteiger partial charge in [-0.2, -0.15) is 0 Å². The van der Waals surface area contributed by atoms with Gasteiger partial charge in [0.15, 0.2) is 0 Å². The van der Waals surface area contributed by atoms with E-state index in [4.69, 9.17) is 0 Å². The van der Waals surface area contributed by atoms with Gasteiger partial charge in [0.1, 0.15) is 5.82 Å². The molecule has 0 spiro atoms. The number of hydrogen-bond donors (Lipinski definition) is 1. The SMILES string of the molecule is O=C([C@@H]1CCCN1)N1CCN(c2cccc(F)c2)CC1. The zero-order chi connectivity index (χ0) is 13.9. The van der Waals surface area contributed by atoms with Gasteiger partial charge in [0.25, 0.3) is 0 Å². The molecule has 2 saturated heterocycles. The smallest absolute Gasteiger partial charge is 0.239 e. The number of carbonyl (C=O) groups is 1. The summed E-state index contributed by atoms with van der Waals surface area (Å²) in [6, 6.07) is 6.66. The van der Waals surface area contributed by atoms with Gasteiger partial charge in [0.05, 0.1) is 6.04 Å². The maximum absolute atomic E-state index is 13.2. The second-order valence-electron chi connectivity index (χ2n) is 5.44. The lowest BCUT2D eigenvalue weighted by molar-refractivity contribution is -0.133. The molecule has 4 nitrogen and oxygen atoms in total. The van der Waals surface area contributed by atoms with Crippen LogP contribution in [0.25, 0.3) is 0 Å². The fourth-order valence-electron chi connectivity index (χ4n) is 2.97. The molecule has 1 aromatic carbocycles. The number of anilines is 1. The van der Waals surface area contributed by atoms with Crippen LogP contribution in [0.5, 0.6) is 0 Å². The molecule has 2 aliphatic heterocycles. The molecule has 1 aromatic rings. The van der Waals surface area contributed by atoms with E-state index in [2.05, 4.69) is 10.2 Å². The molecular weight excluding hydrogens is 257 g/mol. The number of hydrogen-bond acceptors (Lipinski definition) is 3. The van der Waals surface area contributed by atoms with Crippen LogP contribution in [0.1, 0.15) is 12.8 Å². The molecule has 1 atom stereocenters. The van der Waals surface area contributed by atoms with Gasteiger partial charge in [0, 0.05) is 31.9 Å². The Kier molecular flexibility index (Phi) is 3.87. The average Bonchev–Trinajstić information content (AvgIpc) is 3.01. The minimum atomic E-state index is -0.212. The molecule has 3 rings (SSSR count). The summed E-state index contributed by atoms with van der Waals surface area (Å²) in [5.74, 6) is 0.0116. The van der Waals surface area contributed by atoms with Crippen LogP contribution in [0.3, 0.4) is 0 Å². The van der Waals surface area contributed by atoms with Crippen LogP contribution >= 0.6 is 0 Å².